The molecule has 0 aromatic carbocycles. The Bertz CT molecular complexity index is 228. The van der Waals surface area contributed by atoms with E-state index in [1.54, 1.807) is 0 Å². The van der Waals surface area contributed by atoms with E-state index in [0.717, 1.165) is 26.2 Å². The van der Waals surface area contributed by atoms with Crippen LogP contribution in [0.3, 0.4) is 0 Å². The van der Waals surface area contributed by atoms with E-state index in [1.165, 1.54) is 12.8 Å². The number of hydrogen-bond acceptors (Lipinski definition) is 3. The molecule has 2 atom stereocenters. The molecule has 2 saturated heterocycles. The van der Waals surface area contributed by atoms with Crippen molar-refractivity contribution in [2.45, 2.75) is 57.3 Å². The second-order valence-corrected chi connectivity index (χ2v) is 5.14. The number of nitrogens with one attached hydrogen (secondary N) is 1. The fraction of sp³-hybridized carbons (Fsp3) is 1.00. The molecular weight excluding hydrogens is 190 g/mol. The van der Waals surface area contributed by atoms with Crippen molar-refractivity contribution in [3.63, 3.8) is 0 Å². The van der Waals surface area contributed by atoms with Gasteiger partial charge in [-0.25, -0.2) is 0 Å². The van der Waals surface area contributed by atoms with Crippen molar-refractivity contribution < 1.29 is 9.47 Å². The predicted molar refractivity (Wildman–Crippen MR) is 60.0 cm³/mol. The van der Waals surface area contributed by atoms with Crippen LogP contribution in [0.5, 0.6) is 0 Å². The molecule has 2 heterocycles. The number of morpholine rings is 1. The third-order valence-electron chi connectivity index (χ3n) is 3.95. The Balaban J connectivity index is 2.21. The molecule has 2 rings (SSSR count). The van der Waals surface area contributed by atoms with E-state index in [4.69, 9.17) is 9.47 Å². The second-order valence-electron chi connectivity index (χ2n) is 5.14. The molecule has 1 N–H and O–H groups in total. The Hall–Kier alpha value is -0.120. The summed E-state index contributed by atoms with van der Waals surface area (Å²) in [5.41, 5.74) is -0.248. The minimum Gasteiger partial charge on any atom is -0.372 e. The summed E-state index contributed by atoms with van der Waals surface area (Å²) in [6.07, 6.45) is 3.39. The van der Waals surface area contributed by atoms with Crippen LogP contribution < -0.4 is 5.32 Å². The van der Waals surface area contributed by atoms with Crippen molar-refractivity contribution >= 4 is 0 Å². The van der Waals surface area contributed by atoms with Crippen LogP contribution in [0, 0.1) is 0 Å². The number of hydrogen-bond donors (Lipinski definition) is 1. The maximum Gasteiger partial charge on any atom is 0.114 e. The van der Waals surface area contributed by atoms with Crippen LogP contribution in [0.1, 0.15) is 40.0 Å². The fourth-order valence-corrected chi connectivity index (χ4v) is 3.08. The standard InChI is InChI=1S/C12H23NO2/c1-4-5-10-12(15-9-7-13-10)6-8-14-11(12,2)3/h10,13H,4-9H2,1-3H3. The lowest BCUT2D eigenvalue weighted by atomic mass is 9.76. The Labute approximate surface area is 92.5 Å². The zero-order valence-electron chi connectivity index (χ0n) is 10.1. The fourth-order valence-electron chi connectivity index (χ4n) is 3.08. The minimum atomic E-state index is -0.153. The van der Waals surface area contributed by atoms with Gasteiger partial charge in [-0.3, -0.25) is 0 Å². The van der Waals surface area contributed by atoms with Gasteiger partial charge in [-0.2, -0.15) is 0 Å². The van der Waals surface area contributed by atoms with Gasteiger partial charge >= 0.3 is 0 Å². The van der Waals surface area contributed by atoms with E-state index in [0.29, 0.717) is 6.04 Å². The third-order valence-corrected chi connectivity index (χ3v) is 3.95. The summed E-state index contributed by atoms with van der Waals surface area (Å²) < 4.78 is 12.0. The van der Waals surface area contributed by atoms with Crippen LogP contribution in [0.2, 0.25) is 0 Å². The molecular formula is C12H23NO2. The molecule has 2 aliphatic rings. The van der Waals surface area contributed by atoms with Crippen molar-refractivity contribution in [2.75, 3.05) is 19.8 Å². The molecule has 0 aromatic heterocycles. The smallest absolute Gasteiger partial charge is 0.114 e. The van der Waals surface area contributed by atoms with Crippen molar-refractivity contribution in [1.82, 2.24) is 5.32 Å². The number of rotatable bonds is 2. The van der Waals surface area contributed by atoms with Crippen molar-refractivity contribution in [2.24, 2.45) is 0 Å². The lowest BCUT2D eigenvalue weighted by molar-refractivity contribution is -0.171. The molecule has 88 valence electrons. The van der Waals surface area contributed by atoms with Gasteiger partial charge in [0.1, 0.15) is 5.60 Å². The zero-order valence-corrected chi connectivity index (χ0v) is 10.1. The van der Waals surface area contributed by atoms with Crippen molar-refractivity contribution in [1.29, 1.82) is 0 Å². The summed E-state index contributed by atoms with van der Waals surface area (Å²) >= 11 is 0. The summed E-state index contributed by atoms with van der Waals surface area (Å²) in [6, 6.07) is 0.453. The Morgan fingerprint density at radius 3 is 2.67 bits per heavy atom. The van der Waals surface area contributed by atoms with E-state index in [1.807, 2.05) is 0 Å². The van der Waals surface area contributed by atoms with Gasteiger partial charge in [-0.1, -0.05) is 13.3 Å². The molecule has 0 amide bonds. The first-order valence-corrected chi connectivity index (χ1v) is 6.14. The van der Waals surface area contributed by atoms with Gasteiger partial charge < -0.3 is 14.8 Å². The molecule has 2 aliphatic heterocycles. The summed E-state index contributed by atoms with van der Waals surface area (Å²) in [4.78, 5) is 0. The van der Waals surface area contributed by atoms with E-state index >= 15 is 0 Å². The Morgan fingerprint density at radius 2 is 2.07 bits per heavy atom. The first-order chi connectivity index (χ1) is 7.12. The highest BCUT2D eigenvalue weighted by Crippen LogP contribution is 2.43. The zero-order chi connectivity index (χ0) is 10.9. The van der Waals surface area contributed by atoms with Crippen LogP contribution in [-0.2, 0) is 9.47 Å². The molecule has 0 bridgehead atoms. The van der Waals surface area contributed by atoms with Gasteiger partial charge in [0.15, 0.2) is 0 Å². The molecule has 15 heavy (non-hydrogen) atoms. The lowest BCUT2D eigenvalue weighted by Gasteiger charge is -2.48. The molecule has 3 heteroatoms. The Kier molecular flexibility index (Phi) is 3.06. The van der Waals surface area contributed by atoms with Crippen LogP contribution in [0.4, 0.5) is 0 Å². The molecule has 0 aliphatic carbocycles. The summed E-state index contributed by atoms with van der Waals surface area (Å²) in [5.74, 6) is 0. The van der Waals surface area contributed by atoms with Gasteiger partial charge in [-0.05, 0) is 20.3 Å². The van der Waals surface area contributed by atoms with Gasteiger partial charge in [0.25, 0.3) is 0 Å². The highest BCUT2D eigenvalue weighted by Gasteiger charge is 2.56. The van der Waals surface area contributed by atoms with Gasteiger partial charge in [-0.15, -0.1) is 0 Å². The normalized spacial score (nSPS) is 39.8. The molecule has 0 saturated carbocycles. The molecule has 0 aromatic rings. The van der Waals surface area contributed by atoms with Crippen molar-refractivity contribution in [3.05, 3.63) is 0 Å². The van der Waals surface area contributed by atoms with E-state index in [2.05, 4.69) is 26.1 Å². The maximum absolute atomic E-state index is 6.12. The largest absolute Gasteiger partial charge is 0.372 e. The molecule has 0 radical (unpaired) electrons. The van der Waals surface area contributed by atoms with Crippen LogP contribution >= 0.6 is 0 Å². The lowest BCUT2D eigenvalue weighted by Crippen LogP contribution is -2.65. The highest BCUT2D eigenvalue weighted by atomic mass is 16.6. The summed E-state index contributed by atoms with van der Waals surface area (Å²) in [6.45, 7) is 9.17. The van der Waals surface area contributed by atoms with E-state index < -0.39 is 0 Å². The van der Waals surface area contributed by atoms with Gasteiger partial charge in [0.05, 0.1) is 18.8 Å². The predicted octanol–water partition coefficient (Wildman–Crippen LogP) is 1.71. The van der Waals surface area contributed by atoms with Crippen LogP contribution in [0.25, 0.3) is 0 Å². The molecule has 2 fully saturated rings. The van der Waals surface area contributed by atoms with Gasteiger partial charge in [0, 0.05) is 19.0 Å². The SMILES string of the molecule is CCCC1NCCOC12CCOC2(C)C. The van der Waals surface area contributed by atoms with E-state index in [9.17, 15) is 0 Å². The van der Waals surface area contributed by atoms with Crippen LogP contribution in [0.15, 0.2) is 0 Å². The average molecular weight is 213 g/mol. The second kappa shape index (κ2) is 4.04. The molecule has 2 unspecified atom stereocenters. The minimum absolute atomic E-state index is 0.0960. The first-order valence-electron chi connectivity index (χ1n) is 6.14. The third kappa shape index (κ3) is 1.71. The topological polar surface area (TPSA) is 30.5 Å². The van der Waals surface area contributed by atoms with Gasteiger partial charge in [0.2, 0.25) is 0 Å². The monoisotopic (exact) mass is 213 g/mol. The maximum atomic E-state index is 6.12. The van der Waals surface area contributed by atoms with Crippen molar-refractivity contribution in [3.8, 4) is 0 Å². The number of ether oxygens (including phenoxy) is 2. The summed E-state index contributed by atoms with van der Waals surface area (Å²) in [7, 11) is 0. The molecule has 1 spiro atoms. The quantitative estimate of drug-likeness (QED) is 0.757. The highest BCUT2D eigenvalue weighted by molar-refractivity contribution is 5.09. The first kappa shape index (κ1) is 11.4. The summed E-state index contributed by atoms with van der Waals surface area (Å²) in [5, 5.41) is 3.60. The average Bonchev–Trinajstić information content (AvgIpc) is 2.48. The van der Waals surface area contributed by atoms with Crippen LogP contribution in [-0.4, -0.2) is 37.0 Å². The Morgan fingerprint density at radius 1 is 1.27 bits per heavy atom. The van der Waals surface area contributed by atoms with E-state index in [-0.39, 0.29) is 11.2 Å². The molecule has 3 nitrogen and oxygen atoms in total.